The number of nitrogens with zero attached hydrogens (tertiary/aromatic N) is 3. The van der Waals surface area contributed by atoms with E-state index in [2.05, 4.69) is 45.8 Å². The summed E-state index contributed by atoms with van der Waals surface area (Å²) in [4.78, 5) is 4.67. The Labute approximate surface area is 130 Å². The maximum absolute atomic E-state index is 8.97. The van der Waals surface area contributed by atoms with E-state index in [1.54, 1.807) is 0 Å². The van der Waals surface area contributed by atoms with Gasteiger partial charge >= 0.3 is 0 Å². The SMILES string of the molecule is Cc1nc2c(CCCc3ccccc3)cccn2c1CC#N. The van der Waals surface area contributed by atoms with E-state index in [-0.39, 0.29) is 0 Å². The quantitative estimate of drug-likeness (QED) is 0.715. The molecule has 0 atom stereocenters. The largest absolute Gasteiger partial charge is 0.303 e. The van der Waals surface area contributed by atoms with E-state index in [0.29, 0.717) is 6.42 Å². The molecule has 0 saturated heterocycles. The van der Waals surface area contributed by atoms with Crippen LogP contribution in [0.1, 0.15) is 28.9 Å². The number of hydrogen-bond acceptors (Lipinski definition) is 2. The van der Waals surface area contributed by atoms with Crippen molar-refractivity contribution in [2.45, 2.75) is 32.6 Å². The Morgan fingerprint density at radius 3 is 2.68 bits per heavy atom. The molecule has 3 nitrogen and oxygen atoms in total. The summed E-state index contributed by atoms with van der Waals surface area (Å²) in [5, 5.41) is 8.97. The molecule has 0 saturated carbocycles. The molecule has 0 fully saturated rings. The number of pyridine rings is 1. The van der Waals surface area contributed by atoms with Crippen molar-refractivity contribution >= 4 is 5.65 Å². The highest BCUT2D eigenvalue weighted by Gasteiger charge is 2.11. The number of fused-ring (bicyclic) bond motifs is 1. The normalized spacial score (nSPS) is 10.7. The second kappa shape index (κ2) is 6.44. The first-order chi connectivity index (χ1) is 10.8. The second-order valence-electron chi connectivity index (χ2n) is 5.54. The van der Waals surface area contributed by atoms with Gasteiger partial charge in [0.15, 0.2) is 0 Å². The van der Waals surface area contributed by atoms with E-state index in [1.165, 1.54) is 11.1 Å². The minimum atomic E-state index is 0.403. The van der Waals surface area contributed by atoms with Crippen LogP contribution in [0.25, 0.3) is 5.65 Å². The molecule has 0 spiro atoms. The molecule has 0 unspecified atom stereocenters. The maximum atomic E-state index is 8.97. The monoisotopic (exact) mass is 289 g/mol. The van der Waals surface area contributed by atoms with Crippen LogP contribution < -0.4 is 0 Å². The van der Waals surface area contributed by atoms with Gasteiger partial charge in [0, 0.05) is 6.20 Å². The number of hydrogen-bond donors (Lipinski definition) is 0. The Kier molecular flexibility index (Phi) is 4.20. The van der Waals surface area contributed by atoms with Crippen LogP contribution in [0.15, 0.2) is 48.7 Å². The fraction of sp³-hybridized carbons (Fsp3) is 0.263. The summed E-state index contributed by atoms with van der Waals surface area (Å²) >= 11 is 0. The smallest absolute Gasteiger partial charge is 0.140 e. The first kappa shape index (κ1) is 14.3. The molecular formula is C19H19N3. The van der Waals surface area contributed by atoms with Crippen LogP contribution in [0.3, 0.4) is 0 Å². The van der Waals surface area contributed by atoms with E-state index in [0.717, 1.165) is 36.3 Å². The molecule has 2 heterocycles. The molecule has 0 aliphatic heterocycles. The third-order valence-electron chi connectivity index (χ3n) is 4.03. The average molecular weight is 289 g/mol. The number of benzene rings is 1. The van der Waals surface area contributed by atoms with Crippen LogP contribution in [-0.2, 0) is 19.3 Å². The van der Waals surface area contributed by atoms with Crippen molar-refractivity contribution < 1.29 is 0 Å². The molecule has 0 N–H and O–H groups in total. The number of nitriles is 1. The summed E-state index contributed by atoms with van der Waals surface area (Å²) in [6, 6.07) is 17.0. The Bertz CT molecular complexity index is 810. The highest BCUT2D eigenvalue weighted by molar-refractivity contribution is 5.51. The fourth-order valence-electron chi connectivity index (χ4n) is 2.90. The van der Waals surface area contributed by atoms with Gasteiger partial charge in [-0.15, -0.1) is 0 Å². The molecule has 1 aromatic carbocycles. The standard InChI is InChI=1S/C19H19N3/c1-15-18(12-13-20)22-14-6-11-17(19(22)21-15)10-5-9-16-7-3-2-4-8-16/h2-4,6-8,11,14H,5,9-10,12H2,1H3. The zero-order valence-corrected chi connectivity index (χ0v) is 12.8. The highest BCUT2D eigenvalue weighted by atomic mass is 15.0. The number of aryl methyl sites for hydroxylation is 3. The summed E-state index contributed by atoms with van der Waals surface area (Å²) in [6.45, 7) is 1.98. The van der Waals surface area contributed by atoms with Gasteiger partial charge in [0.2, 0.25) is 0 Å². The van der Waals surface area contributed by atoms with E-state index in [9.17, 15) is 0 Å². The van der Waals surface area contributed by atoms with Gasteiger partial charge in [0.05, 0.1) is 23.9 Å². The Morgan fingerprint density at radius 2 is 1.91 bits per heavy atom. The second-order valence-corrected chi connectivity index (χ2v) is 5.54. The molecule has 22 heavy (non-hydrogen) atoms. The molecule has 110 valence electrons. The molecule has 0 aliphatic carbocycles. The van der Waals surface area contributed by atoms with Crippen LogP contribution in [-0.4, -0.2) is 9.38 Å². The van der Waals surface area contributed by atoms with Crippen LogP contribution in [0.5, 0.6) is 0 Å². The van der Waals surface area contributed by atoms with Crippen molar-refractivity contribution in [3.63, 3.8) is 0 Å². The minimum absolute atomic E-state index is 0.403. The molecule has 0 aliphatic rings. The van der Waals surface area contributed by atoms with Crippen LogP contribution in [0.4, 0.5) is 0 Å². The summed E-state index contributed by atoms with van der Waals surface area (Å²) in [6.07, 6.45) is 5.58. The van der Waals surface area contributed by atoms with Gasteiger partial charge in [0.1, 0.15) is 5.65 Å². The van der Waals surface area contributed by atoms with Crippen LogP contribution >= 0.6 is 0 Å². The topological polar surface area (TPSA) is 41.1 Å². The van der Waals surface area contributed by atoms with Crippen LogP contribution in [0, 0.1) is 18.3 Å². The zero-order chi connectivity index (χ0) is 15.4. The Morgan fingerprint density at radius 1 is 1.09 bits per heavy atom. The van der Waals surface area contributed by atoms with E-state index in [1.807, 2.05) is 25.3 Å². The molecule has 0 amide bonds. The summed E-state index contributed by atoms with van der Waals surface area (Å²) in [5.74, 6) is 0. The van der Waals surface area contributed by atoms with Crippen molar-refractivity contribution in [2.24, 2.45) is 0 Å². The molecular weight excluding hydrogens is 270 g/mol. The Balaban J connectivity index is 1.79. The molecule has 3 heteroatoms. The lowest BCUT2D eigenvalue weighted by atomic mass is 10.0. The molecule has 2 aromatic heterocycles. The lowest BCUT2D eigenvalue weighted by molar-refractivity contribution is 0.819. The molecule has 0 radical (unpaired) electrons. The lowest BCUT2D eigenvalue weighted by Crippen LogP contribution is -1.97. The molecule has 3 aromatic rings. The Hall–Kier alpha value is -2.60. The van der Waals surface area contributed by atoms with E-state index >= 15 is 0 Å². The van der Waals surface area contributed by atoms with Gasteiger partial charge in [0.25, 0.3) is 0 Å². The summed E-state index contributed by atoms with van der Waals surface area (Å²) in [5.41, 5.74) is 5.59. The summed E-state index contributed by atoms with van der Waals surface area (Å²) in [7, 11) is 0. The minimum Gasteiger partial charge on any atom is -0.303 e. The predicted octanol–water partition coefficient (Wildman–Crippen LogP) is 3.88. The highest BCUT2D eigenvalue weighted by Crippen LogP contribution is 2.18. The van der Waals surface area contributed by atoms with Gasteiger partial charge in [-0.05, 0) is 43.4 Å². The van der Waals surface area contributed by atoms with Crippen molar-refractivity contribution in [3.05, 3.63) is 71.2 Å². The van der Waals surface area contributed by atoms with Crippen molar-refractivity contribution in [2.75, 3.05) is 0 Å². The van der Waals surface area contributed by atoms with Gasteiger partial charge in [-0.25, -0.2) is 4.98 Å². The van der Waals surface area contributed by atoms with E-state index < -0.39 is 0 Å². The third kappa shape index (κ3) is 2.87. The van der Waals surface area contributed by atoms with Gasteiger partial charge in [-0.2, -0.15) is 5.26 Å². The lowest BCUT2D eigenvalue weighted by Gasteiger charge is -2.05. The number of imidazole rings is 1. The number of aromatic nitrogens is 2. The third-order valence-corrected chi connectivity index (χ3v) is 4.03. The van der Waals surface area contributed by atoms with Gasteiger partial charge in [-0.3, -0.25) is 0 Å². The first-order valence-corrected chi connectivity index (χ1v) is 7.66. The average Bonchev–Trinajstić information content (AvgIpc) is 2.86. The fourth-order valence-corrected chi connectivity index (χ4v) is 2.90. The van der Waals surface area contributed by atoms with Gasteiger partial charge < -0.3 is 4.40 Å². The molecule has 0 bridgehead atoms. The number of rotatable bonds is 5. The maximum Gasteiger partial charge on any atom is 0.140 e. The first-order valence-electron chi connectivity index (χ1n) is 7.66. The van der Waals surface area contributed by atoms with Crippen LogP contribution in [0.2, 0.25) is 0 Å². The van der Waals surface area contributed by atoms with Gasteiger partial charge in [-0.1, -0.05) is 36.4 Å². The molecule has 3 rings (SSSR count). The van der Waals surface area contributed by atoms with E-state index in [4.69, 9.17) is 5.26 Å². The predicted molar refractivity (Wildman–Crippen MR) is 87.7 cm³/mol. The van der Waals surface area contributed by atoms with Crippen molar-refractivity contribution in [1.29, 1.82) is 5.26 Å². The van der Waals surface area contributed by atoms with Crippen molar-refractivity contribution in [3.8, 4) is 6.07 Å². The van der Waals surface area contributed by atoms with Crippen molar-refractivity contribution in [1.82, 2.24) is 9.38 Å². The zero-order valence-electron chi connectivity index (χ0n) is 12.8. The summed E-state index contributed by atoms with van der Waals surface area (Å²) < 4.78 is 2.07.